The van der Waals surface area contributed by atoms with Crippen LogP contribution in [0, 0.1) is 32.8 Å². The summed E-state index contributed by atoms with van der Waals surface area (Å²) in [6.45, 7) is 7.49. The first kappa shape index (κ1) is 29.1. The molecule has 0 unspecified atom stereocenters. The van der Waals surface area contributed by atoms with Crippen LogP contribution in [0.2, 0.25) is 0 Å². The molecular weight excluding hydrogens is 576 g/mol. The molecule has 0 saturated carbocycles. The van der Waals surface area contributed by atoms with Crippen molar-refractivity contribution in [3.05, 3.63) is 70.7 Å². The molecular formula is C26H36F3IO3S. The van der Waals surface area contributed by atoms with E-state index < -0.39 is 33.1 Å². The first-order chi connectivity index (χ1) is 15.6. The van der Waals surface area contributed by atoms with Gasteiger partial charge in [-0.15, -0.1) is 0 Å². The fraction of sp³-hybridized carbons (Fsp3) is 0.500. The molecule has 192 valence electrons. The van der Waals surface area contributed by atoms with E-state index in [0.29, 0.717) is 18.3 Å². The van der Waals surface area contributed by atoms with Gasteiger partial charge >= 0.3 is 205 Å². The summed E-state index contributed by atoms with van der Waals surface area (Å²) in [4.78, 5) is 8.20. The van der Waals surface area contributed by atoms with Crippen LogP contribution in [0.1, 0.15) is 67.7 Å². The van der Waals surface area contributed by atoms with Gasteiger partial charge in [0.25, 0.3) is 0 Å². The van der Waals surface area contributed by atoms with Crippen LogP contribution in [-0.2, 0) is 19.1 Å². The Kier molecular flexibility index (Phi) is 9.30. The molecule has 0 fully saturated rings. The average molecular weight is 613 g/mol. The Morgan fingerprint density at radius 2 is 1.41 bits per heavy atom. The second-order valence-electron chi connectivity index (χ2n) is 9.13. The van der Waals surface area contributed by atoms with Gasteiger partial charge < -0.3 is 0 Å². The minimum atomic E-state index is -5.93. The Balaban J connectivity index is 2.50. The van der Waals surface area contributed by atoms with Crippen molar-refractivity contribution in [3.8, 4) is 0 Å². The first-order valence-electron chi connectivity index (χ1n) is 11.4. The zero-order valence-electron chi connectivity index (χ0n) is 20.6. The number of alkyl halides is 4. The van der Waals surface area contributed by atoms with Crippen molar-refractivity contribution < 1.29 is 24.1 Å². The molecule has 2 aromatic carbocycles. The van der Waals surface area contributed by atoms with Crippen LogP contribution in [0.15, 0.2) is 36.4 Å². The zero-order valence-corrected chi connectivity index (χ0v) is 23.6. The summed E-state index contributed by atoms with van der Waals surface area (Å²) >= 11 is -5.57. The van der Waals surface area contributed by atoms with Crippen molar-refractivity contribution in [2.45, 2.75) is 78.1 Å². The molecule has 2 radical (unpaired) electrons. The van der Waals surface area contributed by atoms with Crippen LogP contribution >= 0.6 is 17.5 Å². The Morgan fingerprint density at radius 1 is 0.912 bits per heavy atom. The van der Waals surface area contributed by atoms with E-state index in [-0.39, 0.29) is 0 Å². The standard InChI is InChI=1S/C26H36F3IO3S/c1-7-8-9-10-11-12-13-23-14-16-24(17-15-23)30(5,6,33-34(31,32)26(27,28)29)25-21(3)18-20(2)19-22(25)4/h5,14-19H,7-13H2,1-4,6H3. The van der Waals surface area contributed by atoms with Crippen molar-refractivity contribution in [3.63, 3.8) is 0 Å². The molecule has 3 nitrogen and oxygen atoms in total. The molecule has 0 aliphatic carbocycles. The van der Waals surface area contributed by atoms with Gasteiger partial charge in [-0.3, -0.25) is 0 Å². The van der Waals surface area contributed by atoms with Gasteiger partial charge in [0, 0.05) is 0 Å². The van der Waals surface area contributed by atoms with E-state index in [4.69, 9.17) is 7.44 Å². The van der Waals surface area contributed by atoms with Gasteiger partial charge in [0.15, 0.2) is 0 Å². The van der Waals surface area contributed by atoms with Crippen molar-refractivity contribution >= 4 is 27.6 Å². The maximum absolute atomic E-state index is 13.4. The molecule has 0 aromatic heterocycles. The summed E-state index contributed by atoms with van der Waals surface area (Å²) in [5.74, 6) is 0. The minimum absolute atomic E-state index is 0.306. The van der Waals surface area contributed by atoms with Crippen molar-refractivity contribution in [1.29, 1.82) is 0 Å². The summed E-state index contributed by atoms with van der Waals surface area (Å²) in [7, 11) is -5.93. The third-order valence-electron chi connectivity index (χ3n) is 5.85. The van der Waals surface area contributed by atoms with E-state index in [1.54, 1.807) is 38.1 Å². The third-order valence-corrected chi connectivity index (χ3v) is 19.3. The molecule has 0 amide bonds. The van der Waals surface area contributed by atoms with Crippen molar-refractivity contribution in [1.82, 2.24) is 0 Å². The molecule has 0 heterocycles. The summed E-state index contributed by atoms with van der Waals surface area (Å²) in [5, 5.41) is 0. The predicted molar refractivity (Wildman–Crippen MR) is 142 cm³/mol. The Hall–Kier alpha value is -1.13. The molecule has 0 aliphatic heterocycles. The molecule has 0 aliphatic rings. The number of unbranched alkanes of at least 4 members (excludes halogenated alkanes) is 5. The maximum atomic E-state index is 13.4. The average Bonchev–Trinajstić information content (AvgIpc) is 2.68. The third kappa shape index (κ3) is 6.55. The Labute approximate surface area is 204 Å². The number of aryl methyl sites for hydroxylation is 4. The van der Waals surface area contributed by atoms with Crippen molar-refractivity contribution in [2.75, 3.05) is 4.93 Å². The van der Waals surface area contributed by atoms with Crippen LogP contribution in [0.5, 0.6) is 0 Å². The fourth-order valence-electron chi connectivity index (χ4n) is 4.40. The predicted octanol–water partition coefficient (Wildman–Crippen LogP) is 8.21. The zero-order chi connectivity index (χ0) is 25.8. The first-order valence-corrected chi connectivity index (χ1v) is 19.3. The van der Waals surface area contributed by atoms with Gasteiger partial charge in [-0.05, 0) is 0 Å². The van der Waals surface area contributed by atoms with E-state index in [0.717, 1.165) is 30.4 Å². The molecule has 0 bridgehead atoms. The summed E-state index contributed by atoms with van der Waals surface area (Å²) in [6.07, 6.45) is 7.79. The fourth-order valence-corrected chi connectivity index (χ4v) is 17.8. The van der Waals surface area contributed by atoms with E-state index >= 15 is 0 Å². The molecule has 34 heavy (non-hydrogen) atoms. The molecule has 8 heteroatoms. The number of hydrogen-bond donors (Lipinski definition) is 0. The topological polar surface area (TPSA) is 43.4 Å². The summed E-state index contributed by atoms with van der Waals surface area (Å²) in [6, 6.07) is 10.5. The molecule has 0 saturated heterocycles. The molecule has 0 atom stereocenters. The van der Waals surface area contributed by atoms with Crippen LogP contribution in [0.3, 0.4) is 0 Å². The second-order valence-corrected chi connectivity index (χ2v) is 21.5. The van der Waals surface area contributed by atoms with Gasteiger partial charge in [-0.25, -0.2) is 0 Å². The van der Waals surface area contributed by atoms with Gasteiger partial charge in [0.2, 0.25) is 0 Å². The van der Waals surface area contributed by atoms with Crippen LogP contribution in [0.25, 0.3) is 0 Å². The molecule has 0 spiro atoms. The van der Waals surface area contributed by atoms with Gasteiger partial charge in [0.05, 0.1) is 0 Å². The normalized spacial score (nSPS) is 14.1. The van der Waals surface area contributed by atoms with Crippen molar-refractivity contribution in [2.24, 2.45) is 0 Å². The quantitative estimate of drug-likeness (QED) is 0.111. The number of halogens is 4. The van der Waals surface area contributed by atoms with Crippen LogP contribution in [0.4, 0.5) is 13.2 Å². The molecule has 0 N–H and O–H groups in total. The second kappa shape index (κ2) is 10.9. The summed E-state index contributed by atoms with van der Waals surface area (Å²) in [5.41, 5.74) is -2.41. The van der Waals surface area contributed by atoms with E-state index in [1.807, 2.05) is 19.1 Å². The number of hydrogen-bond acceptors (Lipinski definition) is 3. The summed E-state index contributed by atoms with van der Waals surface area (Å²) < 4.78 is 70.5. The van der Waals surface area contributed by atoms with E-state index in [2.05, 4.69) is 6.92 Å². The van der Waals surface area contributed by atoms with Gasteiger partial charge in [-0.1, -0.05) is 0 Å². The number of benzene rings is 2. The SMILES string of the molecule is [CH]I(C)(OS(=O)(=O)C(F)(F)F)(c1ccc(CCCCCCCC)cc1)c1c(C)cc(C)cc1C. The molecule has 2 rings (SSSR count). The van der Waals surface area contributed by atoms with Gasteiger partial charge in [0.1, 0.15) is 0 Å². The molecule has 2 aromatic rings. The van der Waals surface area contributed by atoms with Crippen LogP contribution < -0.4 is 0 Å². The monoisotopic (exact) mass is 612 g/mol. The van der Waals surface area contributed by atoms with Gasteiger partial charge in [-0.2, -0.15) is 0 Å². The van der Waals surface area contributed by atoms with E-state index in [1.165, 1.54) is 30.6 Å². The van der Waals surface area contributed by atoms with Crippen LogP contribution in [-0.4, -0.2) is 18.9 Å². The van der Waals surface area contributed by atoms with E-state index in [9.17, 15) is 21.6 Å². The Morgan fingerprint density at radius 3 is 1.91 bits per heavy atom. The number of rotatable bonds is 11. The Bertz CT molecular complexity index is 1070.